The average molecular weight is 517 g/mol. The number of fused-ring (bicyclic) bond motifs is 2. The van der Waals surface area contributed by atoms with Crippen molar-refractivity contribution in [2.24, 2.45) is 0 Å². The summed E-state index contributed by atoms with van der Waals surface area (Å²) in [7, 11) is 0. The summed E-state index contributed by atoms with van der Waals surface area (Å²) in [4.78, 5) is 12.5. The zero-order chi connectivity index (χ0) is 22.5. The number of anilines is 1. The van der Waals surface area contributed by atoms with E-state index in [1.54, 1.807) is 4.90 Å². The molecule has 32 heavy (non-hydrogen) atoms. The van der Waals surface area contributed by atoms with E-state index >= 15 is 0 Å². The number of nitrogens with zero attached hydrogens (tertiary/aromatic N) is 4. The molecule has 2 aromatic rings. The second-order valence-electron chi connectivity index (χ2n) is 8.75. The van der Waals surface area contributed by atoms with E-state index in [0.29, 0.717) is 26.1 Å². The van der Waals surface area contributed by atoms with Crippen LogP contribution in [0.1, 0.15) is 19.3 Å². The smallest absolute Gasteiger partial charge is 0.319 e. The van der Waals surface area contributed by atoms with Crippen molar-refractivity contribution < 1.29 is 27.8 Å². The SMILES string of the molecule is O[C@@H]1COCCN(c2nc(OC[C@@]34CCCN3C[C@H](F)C4)nc3c(F)c(Br)c(F)cc23)C1. The Bertz CT molecular complexity index is 1030. The number of aromatic nitrogens is 2. The summed E-state index contributed by atoms with van der Waals surface area (Å²) in [6, 6.07) is 1.11. The van der Waals surface area contributed by atoms with Crippen LogP contribution in [-0.4, -0.2) is 83.8 Å². The Balaban J connectivity index is 1.53. The highest BCUT2D eigenvalue weighted by atomic mass is 79.9. The van der Waals surface area contributed by atoms with Gasteiger partial charge < -0.3 is 19.5 Å². The topological polar surface area (TPSA) is 71.0 Å². The molecule has 0 aliphatic carbocycles. The first-order chi connectivity index (χ1) is 15.4. The molecule has 11 heteroatoms. The summed E-state index contributed by atoms with van der Waals surface area (Å²) in [5, 5.41) is 10.3. The van der Waals surface area contributed by atoms with Crippen LogP contribution >= 0.6 is 15.9 Å². The van der Waals surface area contributed by atoms with Gasteiger partial charge in [0.15, 0.2) is 5.82 Å². The van der Waals surface area contributed by atoms with E-state index in [2.05, 4.69) is 30.8 Å². The van der Waals surface area contributed by atoms with Gasteiger partial charge in [0.05, 0.1) is 29.3 Å². The van der Waals surface area contributed by atoms with Gasteiger partial charge in [0.1, 0.15) is 29.9 Å². The van der Waals surface area contributed by atoms with Crippen LogP contribution < -0.4 is 9.64 Å². The van der Waals surface area contributed by atoms with Gasteiger partial charge in [-0.05, 0) is 41.4 Å². The predicted molar refractivity (Wildman–Crippen MR) is 115 cm³/mol. The summed E-state index contributed by atoms with van der Waals surface area (Å²) in [6.45, 7) is 2.46. The molecule has 0 saturated carbocycles. The van der Waals surface area contributed by atoms with E-state index in [1.807, 2.05) is 0 Å². The van der Waals surface area contributed by atoms with Gasteiger partial charge in [-0.3, -0.25) is 4.90 Å². The lowest BCUT2D eigenvalue weighted by Crippen LogP contribution is -2.43. The largest absolute Gasteiger partial charge is 0.461 e. The summed E-state index contributed by atoms with van der Waals surface area (Å²) in [5.41, 5.74) is -0.500. The number of hydrogen-bond acceptors (Lipinski definition) is 7. The molecular weight excluding hydrogens is 493 g/mol. The second kappa shape index (κ2) is 8.58. The van der Waals surface area contributed by atoms with Gasteiger partial charge in [0.25, 0.3) is 0 Å². The molecule has 5 rings (SSSR count). The van der Waals surface area contributed by atoms with Crippen molar-refractivity contribution >= 4 is 32.7 Å². The Morgan fingerprint density at radius 1 is 1.28 bits per heavy atom. The predicted octanol–water partition coefficient (Wildman–Crippen LogP) is 2.82. The molecule has 1 N–H and O–H groups in total. The summed E-state index contributed by atoms with van der Waals surface area (Å²) in [5.74, 6) is -1.37. The van der Waals surface area contributed by atoms with Crippen molar-refractivity contribution in [3.8, 4) is 6.01 Å². The Morgan fingerprint density at radius 2 is 2.12 bits per heavy atom. The monoisotopic (exact) mass is 516 g/mol. The van der Waals surface area contributed by atoms with Crippen LogP contribution in [0.4, 0.5) is 19.0 Å². The van der Waals surface area contributed by atoms with E-state index in [-0.39, 0.29) is 47.0 Å². The molecule has 1 aromatic heterocycles. The molecular formula is C21H24BrF3N4O3. The first kappa shape index (κ1) is 22.1. The molecule has 0 unspecified atom stereocenters. The van der Waals surface area contributed by atoms with E-state index in [1.165, 1.54) is 6.07 Å². The molecule has 3 fully saturated rings. The number of benzene rings is 1. The minimum Gasteiger partial charge on any atom is -0.461 e. The van der Waals surface area contributed by atoms with Crippen molar-refractivity contribution in [2.75, 3.05) is 50.9 Å². The first-order valence-electron chi connectivity index (χ1n) is 10.7. The molecule has 0 bridgehead atoms. The van der Waals surface area contributed by atoms with Crippen LogP contribution in [0, 0.1) is 11.6 Å². The molecule has 3 saturated heterocycles. The van der Waals surface area contributed by atoms with Crippen molar-refractivity contribution in [2.45, 2.75) is 37.1 Å². The van der Waals surface area contributed by atoms with E-state index in [9.17, 15) is 18.3 Å². The first-order valence-corrected chi connectivity index (χ1v) is 11.5. The minimum absolute atomic E-state index is 0.0619. The molecule has 0 radical (unpaired) electrons. The highest BCUT2D eigenvalue weighted by Gasteiger charge is 2.49. The Morgan fingerprint density at radius 3 is 2.97 bits per heavy atom. The molecule has 1 aromatic carbocycles. The van der Waals surface area contributed by atoms with Gasteiger partial charge in [-0.2, -0.15) is 9.97 Å². The van der Waals surface area contributed by atoms with Gasteiger partial charge in [-0.1, -0.05) is 0 Å². The summed E-state index contributed by atoms with van der Waals surface area (Å²) < 4.78 is 54.4. The minimum atomic E-state index is -0.901. The van der Waals surface area contributed by atoms with Crippen molar-refractivity contribution in [3.63, 3.8) is 0 Å². The van der Waals surface area contributed by atoms with Crippen LogP contribution in [-0.2, 0) is 4.74 Å². The van der Waals surface area contributed by atoms with Crippen molar-refractivity contribution in [1.29, 1.82) is 0 Å². The lowest BCUT2D eigenvalue weighted by Gasteiger charge is -2.31. The normalized spacial score (nSPS) is 28.8. The number of alkyl halides is 1. The maximum absolute atomic E-state index is 15.0. The maximum Gasteiger partial charge on any atom is 0.319 e. The van der Waals surface area contributed by atoms with Crippen LogP contribution in [0.3, 0.4) is 0 Å². The van der Waals surface area contributed by atoms with Crippen LogP contribution in [0.5, 0.6) is 6.01 Å². The fraction of sp³-hybridized carbons (Fsp3) is 0.619. The van der Waals surface area contributed by atoms with Gasteiger partial charge in [-0.25, -0.2) is 13.2 Å². The van der Waals surface area contributed by atoms with Crippen molar-refractivity contribution in [3.05, 3.63) is 22.2 Å². The Labute approximate surface area is 191 Å². The summed E-state index contributed by atoms with van der Waals surface area (Å²) >= 11 is 2.93. The average Bonchev–Trinajstić information content (AvgIpc) is 3.19. The zero-order valence-electron chi connectivity index (χ0n) is 17.4. The molecule has 0 spiro atoms. The molecule has 4 heterocycles. The highest BCUT2D eigenvalue weighted by Crippen LogP contribution is 2.40. The molecule has 7 nitrogen and oxygen atoms in total. The van der Waals surface area contributed by atoms with Crippen LogP contribution in [0.25, 0.3) is 10.9 Å². The molecule has 3 atom stereocenters. The fourth-order valence-corrected chi connectivity index (χ4v) is 5.38. The third kappa shape index (κ3) is 3.93. The van der Waals surface area contributed by atoms with Gasteiger partial charge in [-0.15, -0.1) is 0 Å². The third-order valence-corrected chi connectivity index (χ3v) is 7.29. The molecule has 3 aliphatic heterocycles. The number of ether oxygens (including phenoxy) is 2. The van der Waals surface area contributed by atoms with Gasteiger partial charge in [0, 0.05) is 31.4 Å². The van der Waals surface area contributed by atoms with Crippen LogP contribution in [0.15, 0.2) is 10.5 Å². The number of hydrogen-bond donors (Lipinski definition) is 1. The number of halogens is 4. The quantitative estimate of drug-likeness (QED) is 0.626. The zero-order valence-corrected chi connectivity index (χ0v) is 19.0. The third-order valence-electron chi connectivity index (χ3n) is 6.56. The van der Waals surface area contributed by atoms with Crippen molar-refractivity contribution in [1.82, 2.24) is 14.9 Å². The lowest BCUT2D eigenvalue weighted by atomic mass is 9.95. The molecule has 3 aliphatic rings. The van der Waals surface area contributed by atoms with Gasteiger partial charge in [0.2, 0.25) is 0 Å². The van der Waals surface area contributed by atoms with E-state index in [0.717, 1.165) is 19.4 Å². The number of aliphatic hydroxyl groups excluding tert-OH is 1. The number of rotatable bonds is 4. The Hall–Kier alpha value is -1.69. The Kier molecular flexibility index (Phi) is 5.93. The molecule has 174 valence electrons. The number of β-amino-alcohol motifs (C(OH)–C–C–N with tert-alkyl or cyclic N) is 1. The second-order valence-corrected chi connectivity index (χ2v) is 9.54. The maximum atomic E-state index is 15.0. The lowest BCUT2D eigenvalue weighted by molar-refractivity contribution is 0.0597. The summed E-state index contributed by atoms with van der Waals surface area (Å²) in [6.07, 6.45) is 0.486. The van der Waals surface area contributed by atoms with Gasteiger partial charge >= 0.3 is 6.01 Å². The molecule has 0 amide bonds. The highest BCUT2D eigenvalue weighted by molar-refractivity contribution is 9.10. The standard InChI is InChI=1S/C21H24BrF3N4O3/c22-16-15(24)6-14-18(17(16)25)26-20(27-19(14)28-4-5-31-10-13(30)9-28)32-11-21-2-1-3-29(21)8-12(23)7-21/h6,12-13,30H,1-5,7-11H2/t12-,13+,21+/m1/s1. The van der Waals surface area contributed by atoms with E-state index < -0.39 is 29.4 Å². The fourth-order valence-electron chi connectivity index (χ4n) is 5.07. The number of aliphatic hydroxyl groups is 1. The van der Waals surface area contributed by atoms with E-state index in [4.69, 9.17) is 9.47 Å². The van der Waals surface area contributed by atoms with Crippen LogP contribution in [0.2, 0.25) is 0 Å².